The molecule has 1 amide bonds. The normalized spacial score (nSPS) is 18.4. The Morgan fingerprint density at radius 1 is 1.28 bits per heavy atom. The number of benzene rings is 1. The zero-order valence-electron chi connectivity index (χ0n) is 9.68. The molecule has 5 heteroatoms. The van der Waals surface area contributed by atoms with Crippen LogP contribution in [0.3, 0.4) is 0 Å². The summed E-state index contributed by atoms with van der Waals surface area (Å²) in [6.45, 7) is 0. The van der Waals surface area contributed by atoms with E-state index in [0.29, 0.717) is 5.56 Å². The van der Waals surface area contributed by atoms with Crippen LogP contribution < -0.4 is 10.2 Å². The molecule has 0 saturated carbocycles. The quantitative estimate of drug-likeness (QED) is 0.868. The van der Waals surface area contributed by atoms with E-state index in [1.54, 1.807) is 0 Å². The average molecular weight is 279 g/mol. The lowest BCUT2D eigenvalue weighted by atomic mass is 10.1. The van der Waals surface area contributed by atoms with Gasteiger partial charge in [0.25, 0.3) is 5.91 Å². The predicted molar refractivity (Wildman–Crippen MR) is 74.4 cm³/mol. The van der Waals surface area contributed by atoms with E-state index in [0.717, 1.165) is 14.9 Å². The minimum absolute atomic E-state index is 0.0433. The SMILES string of the molecule is CN1c2ccccc2C(=O)N[C@@H]1c1ccc(Cl)s1. The van der Waals surface area contributed by atoms with Crippen LogP contribution in [0.4, 0.5) is 5.69 Å². The summed E-state index contributed by atoms with van der Waals surface area (Å²) >= 11 is 7.43. The summed E-state index contributed by atoms with van der Waals surface area (Å²) in [6, 6.07) is 11.4. The number of carbonyl (C=O) groups is 1. The fourth-order valence-corrected chi connectivity index (χ4v) is 3.30. The zero-order valence-corrected chi connectivity index (χ0v) is 11.3. The maximum Gasteiger partial charge on any atom is 0.255 e. The number of anilines is 1. The molecule has 1 aliphatic rings. The molecule has 0 aliphatic carbocycles. The molecule has 1 atom stereocenters. The minimum atomic E-state index is -0.148. The Morgan fingerprint density at radius 3 is 2.78 bits per heavy atom. The van der Waals surface area contributed by atoms with Crippen molar-refractivity contribution in [1.29, 1.82) is 0 Å². The van der Waals surface area contributed by atoms with Crippen LogP contribution in [0.15, 0.2) is 36.4 Å². The second kappa shape index (κ2) is 4.30. The first kappa shape index (κ1) is 11.6. The first-order chi connectivity index (χ1) is 8.66. The molecule has 3 rings (SSSR count). The standard InChI is InChI=1S/C13H11ClN2OS/c1-16-9-5-3-2-4-8(9)13(17)15-12(16)10-6-7-11(14)18-10/h2-7,12H,1H3,(H,15,17)/t12-/m0/s1. The summed E-state index contributed by atoms with van der Waals surface area (Å²) in [5.41, 5.74) is 1.65. The summed E-state index contributed by atoms with van der Waals surface area (Å²) in [6.07, 6.45) is -0.148. The van der Waals surface area contributed by atoms with Gasteiger partial charge in [0, 0.05) is 11.9 Å². The van der Waals surface area contributed by atoms with E-state index < -0.39 is 0 Å². The number of thiophene rings is 1. The fourth-order valence-electron chi connectivity index (χ4n) is 2.15. The molecule has 1 aliphatic heterocycles. The lowest BCUT2D eigenvalue weighted by molar-refractivity contribution is 0.0929. The Morgan fingerprint density at radius 2 is 2.06 bits per heavy atom. The van der Waals surface area contributed by atoms with Crippen LogP contribution in [0.1, 0.15) is 21.4 Å². The third-order valence-corrected chi connectivity index (χ3v) is 4.33. The van der Waals surface area contributed by atoms with E-state index in [1.807, 2.05) is 43.4 Å². The van der Waals surface area contributed by atoms with Crippen molar-refractivity contribution in [3.8, 4) is 0 Å². The number of fused-ring (bicyclic) bond motifs is 1. The first-order valence-corrected chi connectivity index (χ1v) is 6.74. The third-order valence-electron chi connectivity index (χ3n) is 3.05. The number of hydrogen-bond donors (Lipinski definition) is 1. The highest BCUT2D eigenvalue weighted by atomic mass is 35.5. The highest BCUT2D eigenvalue weighted by molar-refractivity contribution is 7.16. The number of amides is 1. The largest absolute Gasteiger partial charge is 0.349 e. The molecule has 1 N–H and O–H groups in total. The lowest BCUT2D eigenvalue weighted by Crippen LogP contribution is -2.44. The van der Waals surface area contributed by atoms with Crippen LogP contribution in [0.25, 0.3) is 0 Å². The number of rotatable bonds is 1. The lowest BCUT2D eigenvalue weighted by Gasteiger charge is -2.35. The van der Waals surface area contributed by atoms with Gasteiger partial charge in [0.1, 0.15) is 6.17 Å². The van der Waals surface area contributed by atoms with Crippen molar-refractivity contribution < 1.29 is 4.79 Å². The molecular formula is C13H11ClN2OS. The molecule has 18 heavy (non-hydrogen) atoms. The van der Waals surface area contributed by atoms with Gasteiger partial charge >= 0.3 is 0 Å². The summed E-state index contributed by atoms with van der Waals surface area (Å²) < 4.78 is 0.728. The number of hydrogen-bond acceptors (Lipinski definition) is 3. The van der Waals surface area contributed by atoms with Crippen LogP contribution in [0.2, 0.25) is 4.34 Å². The Labute approximate surface area is 114 Å². The first-order valence-electron chi connectivity index (χ1n) is 5.55. The van der Waals surface area contributed by atoms with Crippen LogP contribution in [0.5, 0.6) is 0 Å². The number of carbonyl (C=O) groups excluding carboxylic acids is 1. The number of nitrogens with one attached hydrogen (secondary N) is 1. The van der Waals surface area contributed by atoms with Gasteiger partial charge in [-0.15, -0.1) is 11.3 Å². The van der Waals surface area contributed by atoms with Crippen LogP contribution in [-0.2, 0) is 0 Å². The maximum absolute atomic E-state index is 12.1. The van der Waals surface area contributed by atoms with Crippen molar-refractivity contribution in [3.63, 3.8) is 0 Å². The van der Waals surface area contributed by atoms with Gasteiger partial charge in [-0.2, -0.15) is 0 Å². The fraction of sp³-hybridized carbons (Fsp3) is 0.154. The van der Waals surface area contributed by atoms with Gasteiger partial charge in [0.05, 0.1) is 15.6 Å². The Balaban J connectivity index is 2.04. The van der Waals surface area contributed by atoms with E-state index in [2.05, 4.69) is 10.2 Å². The number of nitrogens with zero attached hydrogens (tertiary/aromatic N) is 1. The molecule has 0 unspecified atom stereocenters. The van der Waals surface area contributed by atoms with Crippen molar-refractivity contribution in [3.05, 3.63) is 51.2 Å². The second-order valence-corrected chi connectivity index (χ2v) is 5.89. The Hall–Kier alpha value is -1.52. The maximum atomic E-state index is 12.1. The van der Waals surface area contributed by atoms with Gasteiger partial charge < -0.3 is 10.2 Å². The number of halogens is 1. The van der Waals surface area contributed by atoms with Gasteiger partial charge in [-0.3, -0.25) is 4.79 Å². The van der Waals surface area contributed by atoms with Crippen molar-refractivity contribution in [2.75, 3.05) is 11.9 Å². The molecule has 0 radical (unpaired) electrons. The summed E-state index contributed by atoms with van der Waals surface area (Å²) in [5, 5.41) is 2.99. The molecule has 92 valence electrons. The molecule has 0 saturated heterocycles. The van der Waals surface area contributed by atoms with Crippen molar-refractivity contribution in [2.24, 2.45) is 0 Å². The van der Waals surface area contributed by atoms with E-state index in [-0.39, 0.29) is 12.1 Å². The van der Waals surface area contributed by atoms with Crippen molar-refractivity contribution >= 4 is 34.5 Å². The van der Waals surface area contributed by atoms with Crippen LogP contribution >= 0.6 is 22.9 Å². The highest BCUT2D eigenvalue weighted by Crippen LogP contribution is 2.35. The molecule has 1 aromatic carbocycles. The molecular weight excluding hydrogens is 268 g/mol. The van der Waals surface area contributed by atoms with Crippen LogP contribution in [0, 0.1) is 0 Å². The van der Waals surface area contributed by atoms with Crippen molar-refractivity contribution in [1.82, 2.24) is 5.32 Å². The second-order valence-electron chi connectivity index (χ2n) is 4.15. The number of para-hydroxylation sites is 1. The Bertz CT molecular complexity index is 611. The summed E-state index contributed by atoms with van der Waals surface area (Å²) in [5.74, 6) is -0.0433. The summed E-state index contributed by atoms with van der Waals surface area (Å²) in [4.78, 5) is 15.1. The van der Waals surface area contributed by atoms with Gasteiger partial charge in [0.2, 0.25) is 0 Å². The predicted octanol–water partition coefficient (Wildman–Crippen LogP) is 3.28. The smallest absolute Gasteiger partial charge is 0.255 e. The molecule has 0 spiro atoms. The van der Waals surface area contributed by atoms with E-state index >= 15 is 0 Å². The van der Waals surface area contributed by atoms with E-state index in [9.17, 15) is 4.79 Å². The van der Waals surface area contributed by atoms with Gasteiger partial charge in [0.15, 0.2) is 0 Å². The third kappa shape index (κ3) is 1.78. The molecule has 0 fully saturated rings. The van der Waals surface area contributed by atoms with Gasteiger partial charge in [-0.25, -0.2) is 0 Å². The topological polar surface area (TPSA) is 32.3 Å². The monoisotopic (exact) mass is 278 g/mol. The van der Waals surface area contributed by atoms with Gasteiger partial charge in [-0.1, -0.05) is 23.7 Å². The Kier molecular flexibility index (Phi) is 2.76. The highest BCUT2D eigenvalue weighted by Gasteiger charge is 2.29. The average Bonchev–Trinajstić information content (AvgIpc) is 2.80. The zero-order chi connectivity index (χ0) is 12.7. The van der Waals surface area contributed by atoms with Crippen LogP contribution in [-0.4, -0.2) is 13.0 Å². The summed E-state index contributed by atoms with van der Waals surface area (Å²) in [7, 11) is 1.97. The molecule has 1 aromatic heterocycles. The van der Waals surface area contributed by atoms with E-state index in [1.165, 1.54) is 11.3 Å². The molecule has 0 bridgehead atoms. The van der Waals surface area contributed by atoms with Gasteiger partial charge in [-0.05, 0) is 24.3 Å². The molecule has 2 aromatic rings. The van der Waals surface area contributed by atoms with E-state index in [4.69, 9.17) is 11.6 Å². The molecule has 3 nitrogen and oxygen atoms in total. The van der Waals surface area contributed by atoms with Crippen molar-refractivity contribution in [2.45, 2.75) is 6.17 Å². The molecule has 2 heterocycles. The minimum Gasteiger partial charge on any atom is -0.349 e.